The fourth-order valence-corrected chi connectivity index (χ4v) is 4.22. The fourth-order valence-electron chi connectivity index (χ4n) is 4.03. The number of halogens is 2. The standard InChI is InChI=1S/C28H31ClFN7O4/c1-36(2)16-24-33-25(41-35-24)12-11-21(37(3)27(38)32-15-20-9-6-10-22(30)26(20)29)17-40-28(39)34-23-13-18-7-4-5-8-19(18)14-31-23/h4-10,13-14,21H,11-12,15-17H2,1-3H3,(H,32,38)(H,31,34,39)/t21-/m0/s1. The van der Waals surface area contributed by atoms with E-state index in [0.29, 0.717) is 42.5 Å². The maximum Gasteiger partial charge on any atom is 0.412 e. The molecule has 2 aromatic heterocycles. The maximum absolute atomic E-state index is 13.8. The van der Waals surface area contributed by atoms with Crippen LogP contribution in [0.25, 0.3) is 10.8 Å². The van der Waals surface area contributed by atoms with Crippen LogP contribution in [0.4, 0.5) is 19.8 Å². The Balaban J connectivity index is 1.39. The van der Waals surface area contributed by atoms with Crippen LogP contribution in [0.2, 0.25) is 5.02 Å². The summed E-state index contributed by atoms with van der Waals surface area (Å²) in [5, 5.41) is 11.1. The number of pyridine rings is 1. The molecule has 13 heteroatoms. The van der Waals surface area contributed by atoms with Gasteiger partial charge in [-0.3, -0.25) is 5.32 Å². The topological polar surface area (TPSA) is 126 Å². The summed E-state index contributed by atoms with van der Waals surface area (Å²) in [5.74, 6) is 0.705. The van der Waals surface area contributed by atoms with Crippen LogP contribution in [-0.2, 0) is 24.2 Å². The Morgan fingerprint density at radius 2 is 1.90 bits per heavy atom. The molecule has 0 fully saturated rings. The number of fused-ring (bicyclic) bond motifs is 1. The highest BCUT2D eigenvalue weighted by Gasteiger charge is 2.23. The summed E-state index contributed by atoms with van der Waals surface area (Å²) >= 11 is 6.02. The van der Waals surface area contributed by atoms with Gasteiger partial charge in [-0.25, -0.2) is 19.0 Å². The minimum atomic E-state index is -0.718. The van der Waals surface area contributed by atoms with Gasteiger partial charge in [-0.2, -0.15) is 4.98 Å². The molecule has 2 heterocycles. The number of rotatable bonds is 11. The van der Waals surface area contributed by atoms with E-state index < -0.39 is 24.0 Å². The molecule has 4 aromatic rings. The van der Waals surface area contributed by atoms with Crippen LogP contribution < -0.4 is 10.6 Å². The second-order valence-electron chi connectivity index (χ2n) is 9.66. The van der Waals surface area contributed by atoms with Gasteiger partial charge in [0.15, 0.2) is 5.82 Å². The summed E-state index contributed by atoms with van der Waals surface area (Å²) in [6, 6.07) is 12.7. The molecule has 4 rings (SSSR count). The number of anilines is 1. The van der Waals surface area contributed by atoms with Crippen molar-refractivity contribution < 1.29 is 23.2 Å². The molecule has 0 aliphatic rings. The first-order chi connectivity index (χ1) is 19.7. The number of nitrogens with one attached hydrogen (secondary N) is 2. The molecule has 41 heavy (non-hydrogen) atoms. The third-order valence-electron chi connectivity index (χ3n) is 6.26. The van der Waals surface area contributed by atoms with Gasteiger partial charge >= 0.3 is 12.1 Å². The number of nitrogens with zero attached hydrogens (tertiary/aromatic N) is 5. The van der Waals surface area contributed by atoms with Crippen molar-refractivity contribution in [2.75, 3.05) is 33.1 Å². The largest absolute Gasteiger partial charge is 0.447 e. The van der Waals surface area contributed by atoms with Crippen molar-refractivity contribution in [3.05, 3.63) is 82.8 Å². The fraction of sp³-hybridized carbons (Fsp3) is 0.321. The SMILES string of the molecule is CN(C)Cc1noc(CC[C@@H](COC(=O)Nc2cc3ccccc3cn2)N(C)C(=O)NCc2cccc(F)c2Cl)n1. The third-order valence-corrected chi connectivity index (χ3v) is 6.68. The lowest BCUT2D eigenvalue weighted by Gasteiger charge is -2.28. The Bertz CT molecular complexity index is 1500. The highest BCUT2D eigenvalue weighted by atomic mass is 35.5. The van der Waals surface area contributed by atoms with Crippen LogP contribution in [0, 0.1) is 5.82 Å². The second-order valence-corrected chi connectivity index (χ2v) is 10.0. The van der Waals surface area contributed by atoms with Crippen molar-refractivity contribution in [2.45, 2.75) is 32.0 Å². The van der Waals surface area contributed by atoms with Crippen molar-refractivity contribution in [3.63, 3.8) is 0 Å². The molecule has 0 bridgehead atoms. The minimum absolute atomic E-state index is 0.0129. The monoisotopic (exact) mass is 583 g/mol. The number of carbonyl (C=O) groups excluding carboxylic acids is 2. The van der Waals surface area contributed by atoms with E-state index in [1.165, 1.54) is 17.0 Å². The molecule has 0 saturated heterocycles. The van der Waals surface area contributed by atoms with Gasteiger partial charge in [-0.1, -0.05) is 53.2 Å². The quantitative estimate of drug-likeness (QED) is 0.256. The molecule has 0 unspecified atom stereocenters. The van der Waals surface area contributed by atoms with Crippen molar-refractivity contribution in [1.29, 1.82) is 0 Å². The number of hydrogen-bond donors (Lipinski definition) is 2. The van der Waals surface area contributed by atoms with Crippen LogP contribution in [0.3, 0.4) is 0 Å². The van der Waals surface area contributed by atoms with Gasteiger partial charge in [0.1, 0.15) is 18.2 Å². The minimum Gasteiger partial charge on any atom is -0.447 e. The predicted molar refractivity (Wildman–Crippen MR) is 152 cm³/mol. The first kappa shape index (κ1) is 29.7. The number of hydrogen-bond acceptors (Lipinski definition) is 8. The van der Waals surface area contributed by atoms with Gasteiger partial charge in [-0.15, -0.1) is 0 Å². The highest BCUT2D eigenvalue weighted by molar-refractivity contribution is 6.31. The summed E-state index contributed by atoms with van der Waals surface area (Å²) in [4.78, 5) is 37.6. The second kappa shape index (κ2) is 13.9. The molecule has 2 N–H and O–H groups in total. The molecular weight excluding hydrogens is 553 g/mol. The van der Waals surface area contributed by atoms with Crippen LogP contribution in [-0.4, -0.2) is 70.8 Å². The number of carbonyl (C=O) groups is 2. The van der Waals surface area contributed by atoms with Crippen molar-refractivity contribution >= 4 is 40.3 Å². The summed E-state index contributed by atoms with van der Waals surface area (Å²) in [5.41, 5.74) is 0.433. The Morgan fingerprint density at radius 3 is 2.68 bits per heavy atom. The molecule has 0 aliphatic carbocycles. The maximum atomic E-state index is 13.8. The summed E-state index contributed by atoms with van der Waals surface area (Å²) in [7, 11) is 5.36. The van der Waals surface area contributed by atoms with Gasteiger partial charge < -0.3 is 24.4 Å². The molecule has 0 radical (unpaired) electrons. The van der Waals surface area contributed by atoms with E-state index in [9.17, 15) is 14.0 Å². The van der Waals surface area contributed by atoms with Crippen molar-refractivity contribution in [2.24, 2.45) is 0 Å². The first-order valence-corrected chi connectivity index (χ1v) is 13.3. The molecule has 0 spiro atoms. The van der Waals surface area contributed by atoms with E-state index in [1.54, 1.807) is 25.4 Å². The van der Waals surface area contributed by atoms with Gasteiger partial charge in [0.05, 0.1) is 17.6 Å². The van der Waals surface area contributed by atoms with Gasteiger partial charge in [0, 0.05) is 31.6 Å². The van der Waals surface area contributed by atoms with E-state index in [0.717, 1.165) is 10.8 Å². The molecule has 0 aliphatic heterocycles. The Labute approximate surface area is 241 Å². The Hall–Kier alpha value is -4.29. The molecule has 2 aromatic carbocycles. The van der Waals surface area contributed by atoms with Gasteiger partial charge in [0.2, 0.25) is 5.89 Å². The molecule has 11 nitrogen and oxygen atoms in total. The van der Waals surface area contributed by atoms with Crippen molar-refractivity contribution in [3.8, 4) is 0 Å². The zero-order chi connectivity index (χ0) is 29.4. The average molecular weight is 584 g/mol. The Morgan fingerprint density at radius 1 is 1.12 bits per heavy atom. The normalized spacial score (nSPS) is 11.9. The molecule has 216 valence electrons. The molecular formula is C28H31ClFN7O4. The van der Waals surface area contributed by atoms with Gasteiger partial charge in [0.25, 0.3) is 0 Å². The summed E-state index contributed by atoms with van der Waals surface area (Å²) < 4.78 is 24.6. The summed E-state index contributed by atoms with van der Waals surface area (Å²) in [6.07, 6.45) is 1.64. The predicted octanol–water partition coefficient (Wildman–Crippen LogP) is 4.86. The first-order valence-electron chi connectivity index (χ1n) is 12.9. The number of urea groups is 1. The van der Waals surface area contributed by atoms with E-state index >= 15 is 0 Å². The summed E-state index contributed by atoms with van der Waals surface area (Å²) in [6.45, 7) is 0.408. The van der Waals surface area contributed by atoms with E-state index in [-0.39, 0.29) is 18.2 Å². The lowest BCUT2D eigenvalue weighted by atomic mass is 10.1. The number of benzene rings is 2. The van der Waals surface area contributed by atoms with Gasteiger partial charge in [-0.05, 0) is 43.6 Å². The number of aromatic nitrogens is 3. The lowest BCUT2D eigenvalue weighted by molar-refractivity contribution is 0.113. The molecule has 1 atom stereocenters. The average Bonchev–Trinajstić information content (AvgIpc) is 3.39. The smallest absolute Gasteiger partial charge is 0.412 e. The van der Waals surface area contributed by atoms with Crippen LogP contribution >= 0.6 is 11.6 Å². The number of likely N-dealkylation sites (N-methyl/N-ethyl adjacent to an activating group) is 1. The van der Waals surface area contributed by atoms with Crippen molar-refractivity contribution in [1.82, 2.24) is 30.2 Å². The molecule has 0 saturated carbocycles. The van der Waals surface area contributed by atoms with E-state index in [2.05, 4.69) is 25.8 Å². The zero-order valence-corrected chi connectivity index (χ0v) is 23.7. The van der Waals surface area contributed by atoms with E-state index in [4.69, 9.17) is 20.9 Å². The third kappa shape index (κ3) is 8.35. The molecule has 3 amide bonds. The number of amides is 3. The van der Waals surface area contributed by atoms with E-state index in [1.807, 2.05) is 43.3 Å². The number of ether oxygens (including phenoxy) is 1. The van der Waals surface area contributed by atoms with Crippen LogP contribution in [0.1, 0.15) is 23.7 Å². The zero-order valence-electron chi connectivity index (χ0n) is 22.9. The lowest BCUT2D eigenvalue weighted by Crippen LogP contribution is -2.46. The van der Waals surface area contributed by atoms with Crippen LogP contribution in [0.15, 0.2) is 59.3 Å². The van der Waals surface area contributed by atoms with Crippen LogP contribution in [0.5, 0.6) is 0 Å². The number of aryl methyl sites for hydroxylation is 1. The Kier molecular flexibility index (Phi) is 10.0. The highest BCUT2D eigenvalue weighted by Crippen LogP contribution is 2.20.